The first-order chi connectivity index (χ1) is 9.88. The molecule has 0 aliphatic heterocycles. The number of hydrogen-bond acceptors (Lipinski definition) is 0. The summed E-state index contributed by atoms with van der Waals surface area (Å²) in [5, 5.41) is -0.0751. The molecule has 2 aromatic rings. The van der Waals surface area contributed by atoms with Gasteiger partial charge in [-0.05, 0) is 85.5 Å². The first-order valence-corrected chi connectivity index (χ1v) is 8.11. The van der Waals surface area contributed by atoms with Gasteiger partial charge in [-0.1, -0.05) is 31.2 Å². The predicted molar refractivity (Wildman–Crippen MR) is 93.6 cm³/mol. The van der Waals surface area contributed by atoms with Crippen LogP contribution in [-0.2, 0) is 6.42 Å². The van der Waals surface area contributed by atoms with Crippen molar-refractivity contribution in [2.24, 2.45) is 0 Å². The van der Waals surface area contributed by atoms with Crippen molar-refractivity contribution in [2.75, 3.05) is 0 Å². The van der Waals surface area contributed by atoms with Gasteiger partial charge in [-0.15, -0.1) is 11.6 Å². The smallest absolute Gasteiger partial charge is 0.0840 e. The van der Waals surface area contributed by atoms with Crippen LogP contribution in [0.15, 0.2) is 24.3 Å². The maximum atomic E-state index is 6.83. The predicted octanol–water partition coefficient (Wildman–Crippen LogP) is 6.12. The number of alkyl halides is 1. The lowest BCUT2D eigenvalue weighted by Crippen LogP contribution is -2.06. The molecule has 0 saturated heterocycles. The first-order valence-electron chi connectivity index (χ1n) is 7.68. The molecule has 2 aromatic carbocycles. The van der Waals surface area contributed by atoms with Crippen molar-refractivity contribution in [3.8, 4) is 0 Å². The zero-order valence-corrected chi connectivity index (χ0v) is 14.7. The fourth-order valence-electron chi connectivity index (χ4n) is 3.00. The summed E-state index contributed by atoms with van der Waals surface area (Å²) < 4.78 is 0. The summed E-state index contributed by atoms with van der Waals surface area (Å²) in [6, 6.07) is 8.70. The van der Waals surface area contributed by atoms with Gasteiger partial charge in [0.2, 0.25) is 0 Å². The van der Waals surface area contributed by atoms with Gasteiger partial charge in [0.15, 0.2) is 0 Å². The van der Waals surface area contributed by atoms with Gasteiger partial charge < -0.3 is 0 Å². The van der Waals surface area contributed by atoms with Crippen LogP contribution in [0.25, 0.3) is 0 Å². The van der Waals surface area contributed by atoms with Crippen molar-refractivity contribution in [3.05, 3.63) is 68.8 Å². The van der Waals surface area contributed by atoms with Gasteiger partial charge >= 0.3 is 0 Å². The van der Waals surface area contributed by atoms with E-state index < -0.39 is 0 Å². The average molecular weight is 301 g/mol. The van der Waals surface area contributed by atoms with Gasteiger partial charge in [0.25, 0.3) is 0 Å². The lowest BCUT2D eigenvalue weighted by atomic mass is 9.86. The maximum Gasteiger partial charge on any atom is 0.0840 e. The van der Waals surface area contributed by atoms with Crippen LogP contribution in [-0.4, -0.2) is 0 Å². The van der Waals surface area contributed by atoms with Crippen molar-refractivity contribution in [1.29, 1.82) is 0 Å². The topological polar surface area (TPSA) is 0 Å². The molecule has 0 radical (unpaired) electrons. The van der Waals surface area contributed by atoms with Gasteiger partial charge in [0.05, 0.1) is 5.38 Å². The van der Waals surface area contributed by atoms with Crippen molar-refractivity contribution in [2.45, 2.75) is 53.3 Å². The van der Waals surface area contributed by atoms with Crippen molar-refractivity contribution >= 4 is 11.6 Å². The van der Waals surface area contributed by atoms with Gasteiger partial charge in [0.1, 0.15) is 0 Å². The molecule has 0 spiro atoms. The third-order valence-corrected chi connectivity index (χ3v) is 5.46. The molecule has 0 nitrogen and oxygen atoms in total. The molecule has 1 atom stereocenters. The van der Waals surface area contributed by atoms with E-state index in [2.05, 4.69) is 65.8 Å². The molecule has 0 N–H and O–H groups in total. The SMILES string of the molecule is CCc1ccc(C(Cl)c2c(C)c(C)c(C)c(C)c2C)cc1. The summed E-state index contributed by atoms with van der Waals surface area (Å²) in [6.45, 7) is 13.2. The van der Waals surface area contributed by atoms with E-state index in [1.54, 1.807) is 0 Å². The highest BCUT2D eigenvalue weighted by atomic mass is 35.5. The highest BCUT2D eigenvalue weighted by Crippen LogP contribution is 2.37. The molecule has 1 heteroatoms. The lowest BCUT2D eigenvalue weighted by molar-refractivity contribution is 1.03. The highest BCUT2D eigenvalue weighted by molar-refractivity contribution is 6.22. The number of rotatable bonds is 3. The summed E-state index contributed by atoms with van der Waals surface area (Å²) in [6.07, 6.45) is 1.06. The average Bonchev–Trinajstić information content (AvgIpc) is 2.51. The van der Waals surface area contributed by atoms with E-state index in [-0.39, 0.29) is 5.38 Å². The minimum absolute atomic E-state index is 0.0751. The molecule has 1 unspecified atom stereocenters. The van der Waals surface area contributed by atoms with Crippen molar-refractivity contribution in [1.82, 2.24) is 0 Å². The van der Waals surface area contributed by atoms with Crippen molar-refractivity contribution < 1.29 is 0 Å². The van der Waals surface area contributed by atoms with E-state index in [0.717, 1.165) is 6.42 Å². The third kappa shape index (κ3) is 2.87. The van der Waals surface area contributed by atoms with E-state index in [9.17, 15) is 0 Å². The largest absolute Gasteiger partial charge is 0.113 e. The standard InChI is InChI=1S/C20H25Cl/c1-7-17-8-10-18(11-9-17)20(21)19-15(5)13(3)12(2)14(4)16(19)6/h8-11,20H,7H2,1-6H3. The zero-order chi connectivity index (χ0) is 15.7. The molecule has 21 heavy (non-hydrogen) atoms. The van der Waals surface area contributed by atoms with Crippen LogP contribution in [0.3, 0.4) is 0 Å². The van der Waals surface area contributed by atoms with Crippen LogP contribution in [0.1, 0.15) is 56.8 Å². The van der Waals surface area contributed by atoms with Crippen LogP contribution in [0.5, 0.6) is 0 Å². The molecule has 0 aliphatic carbocycles. The van der Waals surface area contributed by atoms with E-state index in [1.165, 1.54) is 44.5 Å². The van der Waals surface area contributed by atoms with E-state index in [4.69, 9.17) is 11.6 Å². The Balaban J connectivity index is 2.55. The van der Waals surface area contributed by atoms with Gasteiger partial charge in [-0.25, -0.2) is 0 Å². The minimum Gasteiger partial charge on any atom is -0.113 e. The Bertz CT molecular complexity index is 622. The molecular weight excluding hydrogens is 276 g/mol. The van der Waals surface area contributed by atoms with Crippen LogP contribution in [0.4, 0.5) is 0 Å². The Labute approximate surface area is 134 Å². The molecule has 0 aliphatic rings. The molecule has 2 rings (SSSR count). The Morgan fingerprint density at radius 3 is 1.62 bits per heavy atom. The van der Waals surface area contributed by atoms with Crippen LogP contribution >= 0.6 is 11.6 Å². The molecule has 0 bridgehead atoms. The molecule has 0 heterocycles. The van der Waals surface area contributed by atoms with Crippen LogP contribution in [0, 0.1) is 34.6 Å². The summed E-state index contributed by atoms with van der Waals surface area (Å²) in [5.41, 5.74) is 10.6. The number of halogens is 1. The Morgan fingerprint density at radius 1 is 0.762 bits per heavy atom. The summed E-state index contributed by atoms with van der Waals surface area (Å²) in [7, 11) is 0. The van der Waals surface area contributed by atoms with E-state index >= 15 is 0 Å². The first kappa shape index (κ1) is 16.1. The number of hydrogen-bond donors (Lipinski definition) is 0. The maximum absolute atomic E-state index is 6.83. The second-order valence-electron chi connectivity index (χ2n) is 6.00. The van der Waals surface area contributed by atoms with Crippen molar-refractivity contribution in [3.63, 3.8) is 0 Å². The Hall–Kier alpha value is -1.27. The fraction of sp³-hybridized carbons (Fsp3) is 0.400. The normalized spacial score (nSPS) is 12.5. The zero-order valence-electron chi connectivity index (χ0n) is 14.0. The molecule has 0 fully saturated rings. The molecule has 0 amide bonds. The summed E-state index contributed by atoms with van der Waals surface area (Å²) in [5.74, 6) is 0. The Kier molecular flexibility index (Phi) is 4.78. The summed E-state index contributed by atoms with van der Waals surface area (Å²) in [4.78, 5) is 0. The molecule has 0 saturated carbocycles. The molecule has 112 valence electrons. The van der Waals surface area contributed by atoms with E-state index in [1.807, 2.05) is 0 Å². The molecular formula is C20H25Cl. The minimum atomic E-state index is -0.0751. The fourth-order valence-corrected chi connectivity index (χ4v) is 3.47. The second kappa shape index (κ2) is 6.23. The number of benzene rings is 2. The highest BCUT2D eigenvalue weighted by Gasteiger charge is 2.20. The number of aryl methyl sites for hydroxylation is 1. The third-order valence-electron chi connectivity index (χ3n) is 4.99. The van der Waals surface area contributed by atoms with Gasteiger partial charge in [-0.2, -0.15) is 0 Å². The van der Waals surface area contributed by atoms with Crippen LogP contribution in [0.2, 0.25) is 0 Å². The summed E-state index contributed by atoms with van der Waals surface area (Å²) >= 11 is 6.83. The van der Waals surface area contributed by atoms with E-state index in [0.29, 0.717) is 0 Å². The second-order valence-corrected chi connectivity index (χ2v) is 6.43. The lowest BCUT2D eigenvalue weighted by Gasteiger charge is -2.22. The van der Waals surface area contributed by atoms with Crippen LogP contribution < -0.4 is 0 Å². The quantitative estimate of drug-likeness (QED) is 0.599. The monoisotopic (exact) mass is 300 g/mol. The Morgan fingerprint density at radius 2 is 1.19 bits per heavy atom. The van der Waals surface area contributed by atoms with Gasteiger partial charge in [0, 0.05) is 0 Å². The molecule has 0 aromatic heterocycles. The van der Waals surface area contributed by atoms with Gasteiger partial charge in [-0.3, -0.25) is 0 Å².